The fraction of sp³-hybridized carbons (Fsp3) is 0.389. The number of sulfone groups is 1. The molecule has 25 heavy (non-hydrogen) atoms. The Kier molecular flexibility index (Phi) is 7.46. The summed E-state index contributed by atoms with van der Waals surface area (Å²) in [6, 6.07) is 10.7. The van der Waals surface area contributed by atoms with Crippen molar-refractivity contribution >= 4 is 27.1 Å². The van der Waals surface area contributed by atoms with Gasteiger partial charge in [-0.15, -0.1) is 0 Å². The van der Waals surface area contributed by atoms with Gasteiger partial charge in [0.15, 0.2) is 15.8 Å². The summed E-state index contributed by atoms with van der Waals surface area (Å²) in [5, 5.41) is 10.7. The highest BCUT2D eigenvalue weighted by atomic mass is 32.2. The van der Waals surface area contributed by atoms with Gasteiger partial charge in [-0.05, 0) is 46.9 Å². The van der Waals surface area contributed by atoms with Crippen LogP contribution in [0.2, 0.25) is 0 Å². The fourth-order valence-electron chi connectivity index (χ4n) is 2.36. The molecule has 0 bridgehead atoms. The summed E-state index contributed by atoms with van der Waals surface area (Å²) >= 11 is 1.69. The summed E-state index contributed by atoms with van der Waals surface area (Å²) in [7, 11) is -1.51. The van der Waals surface area contributed by atoms with E-state index in [0.717, 1.165) is 6.54 Å². The zero-order valence-corrected chi connectivity index (χ0v) is 16.2. The smallest absolute Gasteiger partial charge is 0.190 e. The molecule has 0 spiro atoms. The molecular weight excluding hydrogens is 354 g/mol. The second-order valence-electron chi connectivity index (χ2n) is 5.82. The molecule has 0 saturated carbocycles. The van der Waals surface area contributed by atoms with Gasteiger partial charge in [-0.3, -0.25) is 4.99 Å². The highest BCUT2D eigenvalue weighted by molar-refractivity contribution is 7.91. The normalized spacial score (nSPS) is 13.4. The number of thiophene rings is 1. The molecular formula is C18H25N3O2S2. The van der Waals surface area contributed by atoms with Crippen LogP contribution in [0.5, 0.6) is 0 Å². The molecule has 0 fully saturated rings. The molecule has 0 aliphatic carbocycles. The van der Waals surface area contributed by atoms with Crippen LogP contribution in [0.25, 0.3) is 0 Å². The van der Waals surface area contributed by atoms with Gasteiger partial charge in [0.05, 0.1) is 10.6 Å². The first kappa shape index (κ1) is 19.5. The third kappa shape index (κ3) is 6.17. The Labute approximate surface area is 154 Å². The lowest BCUT2D eigenvalue weighted by Gasteiger charge is -2.15. The molecule has 0 saturated heterocycles. The fourth-order valence-corrected chi connectivity index (χ4v) is 4.47. The van der Waals surface area contributed by atoms with Crippen molar-refractivity contribution in [1.29, 1.82) is 0 Å². The topological polar surface area (TPSA) is 70.6 Å². The molecule has 5 nitrogen and oxygen atoms in total. The molecule has 0 radical (unpaired) electrons. The lowest BCUT2D eigenvalue weighted by atomic mass is 10.1. The molecule has 2 N–H and O–H groups in total. The molecule has 1 heterocycles. The maximum Gasteiger partial charge on any atom is 0.190 e. The van der Waals surface area contributed by atoms with E-state index in [2.05, 4.69) is 39.4 Å². The number of rotatable bonds is 8. The summed E-state index contributed by atoms with van der Waals surface area (Å²) in [6.45, 7) is 3.49. The van der Waals surface area contributed by atoms with Gasteiger partial charge in [-0.1, -0.05) is 25.1 Å². The zero-order valence-electron chi connectivity index (χ0n) is 14.6. The minimum absolute atomic E-state index is 0.117. The summed E-state index contributed by atoms with van der Waals surface area (Å²) in [5.74, 6) is 1.20. The van der Waals surface area contributed by atoms with Crippen LogP contribution in [0.3, 0.4) is 0 Å². The number of nitrogens with zero attached hydrogens (tertiary/aromatic N) is 1. The van der Waals surface area contributed by atoms with E-state index < -0.39 is 9.84 Å². The SMILES string of the molecule is CN=C(NCCCS(=O)(=O)c1ccccc1)NCC(C)c1ccsc1. The van der Waals surface area contributed by atoms with Crippen molar-refractivity contribution in [3.8, 4) is 0 Å². The Balaban J connectivity index is 1.72. The van der Waals surface area contributed by atoms with Gasteiger partial charge in [0.1, 0.15) is 0 Å². The average molecular weight is 380 g/mol. The standard InChI is InChI=1S/C18H25N3O2S2/c1-15(16-9-11-24-14-16)13-21-18(19-2)20-10-6-12-25(22,23)17-7-4-3-5-8-17/h3-5,7-9,11,14-15H,6,10,12-13H2,1-2H3,(H2,19,20,21). The number of hydrogen-bond donors (Lipinski definition) is 2. The highest BCUT2D eigenvalue weighted by Crippen LogP contribution is 2.17. The van der Waals surface area contributed by atoms with E-state index in [4.69, 9.17) is 0 Å². The van der Waals surface area contributed by atoms with Crippen molar-refractivity contribution in [2.75, 3.05) is 25.9 Å². The van der Waals surface area contributed by atoms with Crippen LogP contribution in [0.1, 0.15) is 24.8 Å². The Morgan fingerprint density at radius 2 is 1.96 bits per heavy atom. The largest absolute Gasteiger partial charge is 0.356 e. The van der Waals surface area contributed by atoms with Crippen molar-refractivity contribution < 1.29 is 8.42 Å². The molecule has 7 heteroatoms. The van der Waals surface area contributed by atoms with E-state index in [9.17, 15) is 8.42 Å². The van der Waals surface area contributed by atoms with E-state index in [1.165, 1.54) is 5.56 Å². The van der Waals surface area contributed by atoms with Crippen LogP contribution in [-0.4, -0.2) is 40.3 Å². The lowest BCUT2D eigenvalue weighted by Crippen LogP contribution is -2.39. The van der Waals surface area contributed by atoms with E-state index >= 15 is 0 Å². The molecule has 0 amide bonds. The van der Waals surface area contributed by atoms with Crippen molar-refractivity contribution in [1.82, 2.24) is 10.6 Å². The molecule has 2 aromatic rings. The predicted molar refractivity (Wildman–Crippen MR) is 105 cm³/mol. The van der Waals surface area contributed by atoms with Gasteiger partial charge in [0, 0.05) is 20.1 Å². The Hall–Kier alpha value is -1.86. The van der Waals surface area contributed by atoms with E-state index in [-0.39, 0.29) is 5.75 Å². The third-order valence-electron chi connectivity index (χ3n) is 3.90. The van der Waals surface area contributed by atoms with E-state index in [1.54, 1.807) is 42.6 Å². The molecule has 136 valence electrons. The summed E-state index contributed by atoms with van der Waals surface area (Å²) in [4.78, 5) is 4.56. The van der Waals surface area contributed by atoms with Crippen LogP contribution in [-0.2, 0) is 9.84 Å². The van der Waals surface area contributed by atoms with Gasteiger partial charge in [-0.25, -0.2) is 8.42 Å². The molecule has 1 atom stereocenters. The number of hydrogen-bond acceptors (Lipinski definition) is 4. The second kappa shape index (κ2) is 9.58. The first-order chi connectivity index (χ1) is 12.0. The minimum Gasteiger partial charge on any atom is -0.356 e. The number of aliphatic imine (C=N–C) groups is 1. The molecule has 1 aromatic carbocycles. The summed E-state index contributed by atoms with van der Waals surface area (Å²) < 4.78 is 24.4. The van der Waals surface area contributed by atoms with Gasteiger partial charge < -0.3 is 10.6 Å². The third-order valence-corrected chi connectivity index (χ3v) is 6.41. The van der Waals surface area contributed by atoms with Crippen molar-refractivity contribution in [3.63, 3.8) is 0 Å². The molecule has 1 aromatic heterocycles. The number of nitrogens with one attached hydrogen (secondary N) is 2. The van der Waals surface area contributed by atoms with Crippen LogP contribution < -0.4 is 10.6 Å². The Bertz CT molecular complexity index is 757. The van der Waals surface area contributed by atoms with Crippen LogP contribution in [0.15, 0.2) is 57.0 Å². The van der Waals surface area contributed by atoms with E-state index in [0.29, 0.717) is 29.7 Å². The monoisotopic (exact) mass is 379 g/mol. The van der Waals surface area contributed by atoms with Crippen molar-refractivity contribution in [2.24, 2.45) is 4.99 Å². The maximum atomic E-state index is 12.2. The quantitative estimate of drug-likeness (QED) is 0.420. The minimum atomic E-state index is -3.22. The lowest BCUT2D eigenvalue weighted by molar-refractivity contribution is 0.592. The maximum absolute atomic E-state index is 12.2. The van der Waals surface area contributed by atoms with Crippen molar-refractivity contribution in [3.05, 3.63) is 52.7 Å². The number of guanidine groups is 1. The molecule has 1 unspecified atom stereocenters. The van der Waals surface area contributed by atoms with Crippen molar-refractivity contribution in [2.45, 2.75) is 24.2 Å². The Morgan fingerprint density at radius 1 is 1.20 bits per heavy atom. The molecule has 0 aliphatic rings. The van der Waals surface area contributed by atoms with E-state index in [1.807, 2.05) is 6.07 Å². The predicted octanol–water partition coefficient (Wildman–Crippen LogP) is 2.88. The second-order valence-corrected chi connectivity index (χ2v) is 8.71. The molecule has 0 aliphatic heterocycles. The first-order valence-corrected chi connectivity index (χ1v) is 10.9. The van der Waals surface area contributed by atoms with Gasteiger partial charge in [0.2, 0.25) is 0 Å². The van der Waals surface area contributed by atoms with Gasteiger partial charge >= 0.3 is 0 Å². The van der Waals surface area contributed by atoms with Crippen LogP contribution >= 0.6 is 11.3 Å². The van der Waals surface area contributed by atoms with Gasteiger partial charge in [-0.2, -0.15) is 11.3 Å². The van der Waals surface area contributed by atoms with Gasteiger partial charge in [0.25, 0.3) is 0 Å². The van der Waals surface area contributed by atoms with Crippen LogP contribution in [0, 0.1) is 0 Å². The average Bonchev–Trinajstić information content (AvgIpc) is 3.16. The first-order valence-electron chi connectivity index (χ1n) is 8.27. The highest BCUT2D eigenvalue weighted by Gasteiger charge is 2.13. The zero-order chi connectivity index (χ0) is 18.1. The summed E-state index contributed by atoms with van der Waals surface area (Å²) in [6.07, 6.45) is 0.526. The number of benzene rings is 1. The summed E-state index contributed by atoms with van der Waals surface area (Å²) in [5.41, 5.74) is 1.31. The molecule has 2 rings (SSSR count). The van der Waals surface area contributed by atoms with Crippen LogP contribution in [0.4, 0.5) is 0 Å². The Morgan fingerprint density at radius 3 is 2.60 bits per heavy atom.